The Hall–Kier alpha value is -1.18. The number of Topliss-reactive ketones (excluding diaryl/α,β-unsaturated/α-hetero) is 1. The molecular formula is C17H23N3O2S2. The Morgan fingerprint density at radius 2 is 2.29 bits per heavy atom. The lowest BCUT2D eigenvalue weighted by Gasteiger charge is -2.17. The molecule has 3 rings (SSSR count). The van der Waals surface area contributed by atoms with Gasteiger partial charge < -0.3 is 4.74 Å². The van der Waals surface area contributed by atoms with E-state index in [2.05, 4.69) is 20.8 Å². The van der Waals surface area contributed by atoms with E-state index in [1.807, 2.05) is 32.2 Å². The molecular weight excluding hydrogens is 342 g/mol. The quantitative estimate of drug-likeness (QED) is 0.727. The minimum atomic E-state index is -0.330. The number of thioether (sulfide) groups is 1. The molecule has 0 saturated carbocycles. The molecule has 0 spiro atoms. The number of hydrogen-bond acceptors (Lipinski definition) is 6. The van der Waals surface area contributed by atoms with Crippen LogP contribution in [0, 0.1) is 5.41 Å². The zero-order valence-electron chi connectivity index (χ0n) is 14.3. The third-order valence-electron chi connectivity index (χ3n) is 4.04. The summed E-state index contributed by atoms with van der Waals surface area (Å²) >= 11 is 3.12. The Morgan fingerprint density at radius 1 is 1.46 bits per heavy atom. The summed E-state index contributed by atoms with van der Waals surface area (Å²) in [4.78, 5) is 13.3. The molecule has 5 nitrogen and oxygen atoms in total. The Morgan fingerprint density at radius 3 is 2.92 bits per heavy atom. The molecule has 1 aliphatic heterocycles. The second-order valence-electron chi connectivity index (χ2n) is 6.99. The van der Waals surface area contributed by atoms with Gasteiger partial charge in [0.15, 0.2) is 11.0 Å². The van der Waals surface area contributed by atoms with Crippen LogP contribution in [0.15, 0.2) is 22.7 Å². The molecule has 0 unspecified atom stereocenters. The summed E-state index contributed by atoms with van der Waals surface area (Å²) in [5, 5.41) is 11.6. The van der Waals surface area contributed by atoms with Gasteiger partial charge in [-0.05, 0) is 24.3 Å². The van der Waals surface area contributed by atoms with Crippen molar-refractivity contribution < 1.29 is 9.53 Å². The number of ketones is 1. The molecule has 2 aromatic heterocycles. The van der Waals surface area contributed by atoms with Gasteiger partial charge in [-0.15, -0.1) is 21.5 Å². The van der Waals surface area contributed by atoms with Crippen molar-refractivity contribution in [3.8, 4) is 10.7 Å². The average molecular weight is 366 g/mol. The maximum absolute atomic E-state index is 12.2. The molecule has 0 aliphatic carbocycles. The van der Waals surface area contributed by atoms with Crippen molar-refractivity contribution in [2.24, 2.45) is 5.41 Å². The Kier molecular flexibility index (Phi) is 5.42. The highest BCUT2D eigenvalue weighted by Crippen LogP contribution is 2.30. The van der Waals surface area contributed by atoms with E-state index < -0.39 is 0 Å². The van der Waals surface area contributed by atoms with Crippen molar-refractivity contribution in [3.63, 3.8) is 0 Å². The van der Waals surface area contributed by atoms with E-state index in [0.717, 1.165) is 41.9 Å². The standard InChI is InChI=1S/C17H23N3O2S2/c1-17(2,3)14(21)11-24-16-19-18-15(13-7-5-9-23-13)20(16)10-12-6-4-8-22-12/h5,7,9,12H,4,6,8,10-11H2,1-3H3/t12-/m1/s1. The predicted octanol–water partition coefficient (Wildman–Crippen LogP) is 3.89. The first-order valence-electron chi connectivity index (χ1n) is 8.20. The molecule has 0 amide bonds. The third kappa shape index (κ3) is 4.07. The fraction of sp³-hybridized carbons (Fsp3) is 0.588. The molecule has 0 bridgehead atoms. The molecule has 1 atom stereocenters. The van der Waals surface area contributed by atoms with E-state index in [1.165, 1.54) is 11.8 Å². The van der Waals surface area contributed by atoms with Crippen LogP contribution in [0.4, 0.5) is 0 Å². The van der Waals surface area contributed by atoms with E-state index in [0.29, 0.717) is 5.75 Å². The topological polar surface area (TPSA) is 57.0 Å². The number of rotatable bonds is 6. The summed E-state index contributed by atoms with van der Waals surface area (Å²) in [5.74, 6) is 1.50. The molecule has 24 heavy (non-hydrogen) atoms. The van der Waals surface area contributed by atoms with Crippen molar-refractivity contribution in [2.75, 3.05) is 12.4 Å². The van der Waals surface area contributed by atoms with Crippen molar-refractivity contribution in [1.29, 1.82) is 0 Å². The Bertz CT molecular complexity index is 683. The van der Waals surface area contributed by atoms with Crippen molar-refractivity contribution in [3.05, 3.63) is 17.5 Å². The summed E-state index contributed by atoms with van der Waals surface area (Å²) in [6.45, 7) is 7.41. The summed E-state index contributed by atoms with van der Waals surface area (Å²) in [6.07, 6.45) is 2.37. The van der Waals surface area contributed by atoms with Crippen LogP contribution in [0.1, 0.15) is 33.6 Å². The normalized spacial score (nSPS) is 18.2. The average Bonchev–Trinajstić information content (AvgIpc) is 3.26. The third-order valence-corrected chi connectivity index (χ3v) is 5.87. The Balaban J connectivity index is 1.81. The summed E-state index contributed by atoms with van der Waals surface area (Å²) in [7, 11) is 0. The van der Waals surface area contributed by atoms with Gasteiger partial charge in [-0.2, -0.15) is 0 Å². The fourth-order valence-corrected chi connectivity index (χ4v) is 4.31. The van der Waals surface area contributed by atoms with Crippen LogP contribution >= 0.6 is 23.1 Å². The lowest BCUT2D eigenvalue weighted by molar-refractivity contribution is -0.123. The van der Waals surface area contributed by atoms with Gasteiger partial charge in [-0.25, -0.2) is 0 Å². The fourth-order valence-electron chi connectivity index (χ4n) is 2.49. The molecule has 0 radical (unpaired) electrons. The molecule has 2 aromatic rings. The van der Waals surface area contributed by atoms with Gasteiger partial charge in [0.25, 0.3) is 0 Å². The van der Waals surface area contributed by atoms with Crippen molar-refractivity contribution in [1.82, 2.24) is 14.8 Å². The van der Waals surface area contributed by atoms with Crippen LogP contribution in [0.2, 0.25) is 0 Å². The van der Waals surface area contributed by atoms with E-state index in [9.17, 15) is 4.79 Å². The Labute approximate surface area is 150 Å². The zero-order chi connectivity index (χ0) is 17.2. The van der Waals surface area contributed by atoms with Crippen LogP contribution in [0.5, 0.6) is 0 Å². The van der Waals surface area contributed by atoms with Crippen LogP contribution in [0.25, 0.3) is 10.7 Å². The first kappa shape index (κ1) is 17.6. The van der Waals surface area contributed by atoms with Gasteiger partial charge in [0.05, 0.1) is 23.3 Å². The smallest absolute Gasteiger partial charge is 0.192 e. The molecule has 1 fully saturated rings. The van der Waals surface area contributed by atoms with Crippen LogP contribution in [-0.4, -0.2) is 39.0 Å². The van der Waals surface area contributed by atoms with Crippen molar-refractivity contribution in [2.45, 2.75) is 51.4 Å². The first-order chi connectivity index (χ1) is 11.4. The monoisotopic (exact) mass is 365 g/mol. The van der Waals surface area contributed by atoms with Gasteiger partial charge in [-0.3, -0.25) is 9.36 Å². The number of aromatic nitrogens is 3. The highest BCUT2D eigenvalue weighted by atomic mass is 32.2. The number of hydrogen-bond donors (Lipinski definition) is 0. The molecule has 7 heteroatoms. The van der Waals surface area contributed by atoms with Crippen LogP contribution in [-0.2, 0) is 16.1 Å². The minimum absolute atomic E-state index is 0.206. The second-order valence-corrected chi connectivity index (χ2v) is 8.88. The van der Waals surface area contributed by atoms with Crippen LogP contribution in [0.3, 0.4) is 0 Å². The summed E-state index contributed by atoms with van der Waals surface area (Å²) in [6, 6.07) is 4.07. The molecule has 0 N–H and O–H groups in total. The molecule has 1 aliphatic rings. The maximum atomic E-state index is 12.2. The van der Waals surface area contributed by atoms with E-state index in [-0.39, 0.29) is 17.3 Å². The summed E-state index contributed by atoms with van der Waals surface area (Å²) < 4.78 is 7.90. The van der Waals surface area contributed by atoms with Gasteiger partial charge in [0, 0.05) is 12.0 Å². The second kappa shape index (κ2) is 7.37. The van der Waals surface area contributed by atoms with Gasteiger partial charge >= 0.3 is 0 Å². The number of nitrogens with zero attached hydrogens (tertiary/aromatic N) is 3. The first-order valence-corrected chi connectivity index (χ1v) is 10.1. The number of carbonyl (C=O) groups excluding carboxylic acids is 1. The van der Waals surface area contributed by atoms with E-state index in [4.69, 9.17) is 4.74 Å². The number of ether oxygens (including phenoxy) is 1. The van der Waals surface area contributed by atoms with Gasteiger partial charge in [0.1, 0.15) is 5.78 Å². The number of thiophene rings is 1. The van der Waals surface area contributed by atoms with Gasteiger partial charge in [0.2, 0.25) is 0 Å². The van der Waals surface area contributed by atoms with Crippen LogP contribution < -0.4 is 0 Å². The predicted molar refractivity (Wildman–Crippen MR) is 97.5 cm³/mol. The largest absolute Gasteiger partial charge is 0.376 e. The summed E-state index contributed by atoms with van der Waals surface area (Å²) in [5.41, 5.74) is -0.330. The molecule has 0 aromatic carbocycles. The SMILES string of the molecule is CC(C)(C)C(=O)CSc1nnc(-c2cccs2)n1C[C@H]1CCCO1. The highest BCUT2D eigenvalue weighted by molar-refractivity contribution is 7.99. The lowest BCUT2D eigenvalue weighted by Crippen LogP contribution is -2.22. The molecule has 1 saturated heterocycles. The van der Waals surface area contributed by atoms with Crippen molar-refractivity contribution >= 4 is 28.9 Å². The molecule has 130 valence electrons. The molecule has 3 heterocycles. The lowest BCUT2D eigenvalue weighted by atomic mass is 9.92. The number of carbonyl (C=O) groups is 1. The van der Waals surface area contributed by atoms with Gasteiger partial charge in [-0.1, -0.05) is 38.6 Å². The van der Waals surface area contributed by atoms with E-state index >= 15 is 0 Å². The zero-order valence-corrected chi connectivity index (χ0v) is 16.0. The maximum Gasteiger partial charge on any atom is 0.192 e. The van der Waals surface area contributed by atoms with E-state index in [1.54, 1.807) is 11.3 Å². The highest BCUT2D eigenvalue weighted by Gasteiger charge is 2.25. The minimum Gasteiger partial charge on any atom is -0.376 e.